The molecule has 4 aromatic carbocycles. The second kappa shape index (κ2) is 12.4. The van der Waals surface area contributed by atoms with Gasteiger partial charge in [0.15, 0.2) is 1.41 Å². The number of carbonyl (C=O) groups is 4. The summed E-state index contributed by atoms with van der Waals surface area (Å²) in [6.07, 6.45) is 1.55. The Morgan fingerprint density at radius 3 is 2.35 bits per heavy atom. The van der Waals surface area contributed by atoms with Gasteiger partial charge in [-0.2, -0.15) is 0 Å². The van der Waals surface area contributed by atoms with Gasteiger partial charge in [-0.25, -0.2) is 4.98 Å². The average molecular weight is 577 g/mol. The Bertz CT molecular complexity index is 1880. The fourth-order valence-corrected chi connectivity index (χ4v) is 4.85. The molecule has 0 unspecified atom stereocenters. The van der Waals surface area contributed by atoms with Crippen LogP contribution in [0.4, 0.5) is 11.5 Å². The third kappa shape index (κ3) is 6.28. The highest BCUT2D eigenvalue weighted by Gasteiger charge is 2.34. The molecule has 0 bridgehead atoms. The predicted octanol–water partition coefficient (Wildman–Crippen LogP) is 4.06. The molecular formula is C33H29N5O5. The maximum atomic E-state index is 14.6. The summed E-state index contributed by atoms with van der Waals surface area (Å²) in [6, 6.07) is 24.8. The number of nitrogens with two attached hydrogens (primary N) is 1. The van der Waals surface area contributed by atoms with Gasteiger partial charge in [-0.15, -0.1) is 0 Å². The number of carbonyl (C=O) groups excluding carboxylic acids is 3. The number of rotatable bonds is 9. The number of aromatic nitrogens is 1. The molecule has 0 aliphatic heterocycles. The zero-order valence-corrected chi connectivity index (χ0v) is 23.2. The molecule has 43 heavy (non-hydrogen) atoms. The predicted molar refractivity (Wildman–Crippen MR) is 164 cm³/mol. The highest BCUT2D eigenvalue weighted by molar-refractivity contribution is 6.08. The second-order valence-electron chi connectivity index (χ2n) is 9.91. The van der Waals surface area contributed by atoms with E-state index in [1.54, 1.807) is 72.9 Å². The van der Waals surface area contributed by atoms with Gasteiger partial charge in [0.25, 0.3) is 11.8 Å². The molecule has 1 heterocycles. The molecule has 0 aliphatic carbocycles. The number of nitrogens with zero attached hydrogens (tertiary/aromatic N) is 2. The molecule has 216 valence electrons. The van der Waals surface area contributed by atoms with E-state index < -0.39 is 42.3 Å². The van der Waals surface area contributed by atoms with Crippen LogP contribution in [-0.2, 0) is 14.4 Å². The maximum absolute atomic E-state index is 14.6. The first-order valence-corrected chi connectivity index (χ1v) is 13.5. The minimum atomic E-state index is -1.48. The normalized spacial score (nSPS) is 12.6. The quantitative estimate of drug-likeness (QED) is 0.206. The molecule has 5 aromatic rings. The highest BCUT2D eigenvalue weighted by Crippen LogP contribution is 2.28. The van der Waals surface area contributed by atoms with Crippen molar-refractivity contribution in [1.29, 1.82) is 0 Å². The summed E-state index contributed by atoms with van der Waals surface area (Å²) in [7, 11) is 0. The van der Waals surface area contributed by atoms with Gasteiger partial charge in [0.05, 0.1) is 0 Å². The van der Waals surface area contributed by atoms with E-state index in [-0.39, 0.29) is 11.4 Å². The Hall–Kier alpha value is -5.77. The molecular weight excluding hydrogens is 546 g/mol. The third-order valence-electron chi connectivity index (χ3n) is 7.07. The van der Waals surface area contributed by atoms with Crippen LogP contribution in [0, 0.1) is 0 Å². The summed E-state index contributed by atoms with van der Waals surface area (Å²) in [6.45, 7) is 0.815. The lowest BCUT2D eigenvalue weighted by atomic mass is 10.0. The van der Waals surface area contributed by atoms with E-state index in [0.717, 1.165) is 16.2 Å². The number of fused-ring (bicyclic) bond motifs is 2. The second-order valence-corrected chi connectivity index (χ2v) is 9.91. The van der Waals surface area contributed by atoms with Gasteiger partial charge in [-0.05, 0) is 59.0 Å². The number of benzene rings is 4. The molecule has 10 nitrogen and oxygen atoms in total. The average Bonchev–Trinajstić information content (AvgIpc) is 3.04. The number of nitrogens with one attached hydrogen (secondary N) is 2. The topological polar surface area (TPSA) is 155 Å². The SMILES string of the molecule is [2H]N(C(=O)c1ccc2ccnc(N)c2c1)[C@@H](C(=O)N(c1ccc2ccccc2c1)[C@@H](C)C(=O)NCC(=O)O)c1ccccc1. The van der Waals surface area contributed by atoms with Crippen molar-refractivity contribution < 1.29 is 25.7 Å². The van der Waals surface area contributed by atoms with Gasteiger partial charge in [0.2, 0.25) is 5.91 Å². The summed E-state index contributed by atoms with van der Waals surface area (Å²) in [5.41, 5.74) is 6.82. The molecule has 0 radical (unpaired) electrons. The lowest BCUT2D eigenvalue weighted by Crippen LogP contribution is -2.52. The van der Waals surface area contributed by atoms with Crippen molar-refractivity contribution in [2.24, 2.45) is 0 Å². The zero-order valence-electron chi connectivity index (χ0n) is 24.2. The Morgan fingerprint density at radius 2 is 1.60 bits per heavy atom. The number of aliphatic carboxylic acids is 1. The molecule has 5 rings (SSSR count). The van der Waals surface area contributed by atoms with Crippen LogP contribution >= 0.6 is 0 Å². The summed E-state index contributed by atoms with van der Waals surface area (Å²) < 4.78 is 8.99. The van der Waals surface area contributed by atoms with Crippen LogP contribution in [0.15, 0.2) is 103 Å². The number of hydrogen-bond acceptors (Lipinski definition) is 6. The number of carboxylic acid groups (broad SMARTS) is 1. The Kier molecular flexibility index (Phi) is 7.90. The molecule has 0 aliphatic rings. The van der Waals surface area contributed by atoms with Crippen molar-refractivity contribution in [3.8, 4) is 0 Å². The smallest absolute Gasteiger partial charge is 0.322 e. The van der Waals surface area contributed by atoms with E-state index in [1.807, 2.05) is 24.3 Å². The number of hydrogen-bond donors (Lipinski definition) is 4. The largest absolute Gasteiger partial charge is 0.480 e. The summed E-state index contributed by atoms with van der Waals surface area (Å²) in [5.74, 6) is -3.27. The number of pyridine rings is 1. The highest BCUT2D eigenvalue weighted by atomic mass is 16.4. The lowest BCUT2D eigenvalue weighted by Gasteiger charge is -2.32. The van der Waals surface area contributed by atoms with Crippen LogP contribution < -0.4 is 21.3 Å². The molecule has 0 saturated carbocycles. The molecule has 0 fully saturated rings. The van der Waals surface area contributed by atoms with Crippen LogP contribution in [0.25, 0.3) is 21.5 Å². The van der Waals surface area contributed by atoms with Gasteiger partial charge in [-0.3, -0.25) is 24.1 Å². The summed E-state index contributed by atoms with van der Waals surface area (Å²) >= 11 is 0. The molecule has 1 aromatic heterocycles. The zero-order chi connectivity index (χ0) is 31.4. The van der Waals surface area contributed by atoms with Gasteiger partial charge in [0, 0.05) is 22.8 Å². The Balaban J connectivity index is 1.60. The molecule has 0 saturated heterocycles. The fraction of sp³-hybridized carbons (Fsp3) is 0.121. The van der Waals surface area contributed by atoms with Crippen molar-refractivity contribution in [2.75, 3.05) is 17.2 Å². The van der Waals surface area contributed by atoms with Gasteiger partial charge < -0.3 is 21.5 Å². The molecule has 10 heteroatoms. The van der Waals surface area contributed by atoms with Crippen LogP contribution in [0.3, 0.4) is 0 Å². The molecule has 0 spiro atoms. The number of amides is 3. The Labute approximate surface area is 248 Å². The van der Waals surface area contributed by atoms with Gasteiger partial charge >= 0.3 is 5.97 Å². The maximum Gasteiger partial charge on any atom is 0.322 e. The van der Waals surface area contributed by atoms with Gasteiger partial charge in [0.1, 0.15) is 24.4 Å². The van der Waals surface area contributed by atoms with Crippen LogP contribution in [0.2, 0.25) is 1.41 Å². The van der Waals surface area contributed by atoms with Gasteiger partial charge in [-0.1, -0.05) is 66.7 Å². The van der Waals surface area contributed by atoms with E-state index in [9.17, 15) is 19.2 Å². The van der Waals surface area contributed by atoms with E-state index in [0.29, 0.717) is 21.9 Å². The van der Waals surface area contributed by atoms with E-state index in [2.05, 4.69) is 10.3 Å². The first-order chi connectivity index (χ1) is 21.2. The van der Waals surface area contributed by atoms with Crippen molar-refractivity contribution in [2.45, 2.75) is 19.0 Å². The minimum absolute atomic E-state index is 0.116. The van der Waals surface area contributed by atoms with Crippen molar-refractivity contribution in [1.82, 2.24) is 15.6 Å². The van der Waals surface area contributed by atoms with Crippen molar-refractivity contribution >= 4 is 56.7 Å². The van der Waals surface area contributed by atoms with E-state index in [4.69, 9.17) is 12.3 Å². The number of nitrogen functional groups attached to an aromatic ring is 1. The summed E-state index contributed by atoms with van der Waals surface area (Å²) in [4.78, 5) is 58.0. The molecule has 2 atom stereocenters. The van der Waals surface area contributed by atoms with E-state index in [1.165, 1.54) is 17.9 Å². The number of anilines is 2. The fourth-order valence-electron chi connectivity index (χ4n) is 4.85. The lowest BCUT2D eigenvalue weighted by molar-refractivity contribution is -0.138. The molecule has 3 amide bonds. The van der Waals surface area contributed by atoms with Crippen molar-refractivity contribution in [3.05, 3.63) is 114 Å². The monoisotopic (exact) mass is 576 g/mol. The van der Waals surface area contributed by atoms with Crippen LogP contribution in [0.1, 0.15) is 28.9 Å². The molecule has 5 N–H and O–H groups in total. The number of carboxylic acids is 1. The van der Waals surface area contributed by atoms with Crippen molar-refractivity contribution in [3.63, 3.8) is 0 Å². The van der Waals surface area contributed by atoms with E-state index >= 15 is 0 Å². The van der Waals surface area contributed by atoms with Crippen LogP contribution in [-0.4, -0.2) is 46.4 Å². The summed E-state index contributed by atoms with van der Waals surface area (Å²) in [5, 5.41) is 15.0. The first kappa shape index (κ1) is 27.4. The van der Waals surface area contributed by atoms with Crippen LogP contribution in [0.5, 0.6) is 0 Å². The third-order valence-corrected chi connectivity index (χ3v) is 7.07. The Morgan fingerprint density at radius 1 is 0.907 bits per heavy atom. The standard InChI is InChI=1S/C33H29N5O5/c1-20(31(41)36-19-28(39)40)38(26-14-13-21-7-5-6-10-24(21)17-26)33(43)29(23-8-3-2-4-9-23)37-32(42)25-12-11-22-15-16-35-30(34)27(22)18-25/h2-18,20,29H,19H2,1H3,(H2,34,35)(H,36,41)(H,37,42)(H,39,40)/t20-,29+/m0/s1/i/hD. The minimum Gasteiger partial charge on any atom is -0.480 e. The first-order valence-electron chi connectivity index (χ1n) is 13.9.